The van der Waals surface area contributed by atoms with Crippen molar-refractivity contribution in [3.8, 4) is 5.75 Å². The minimum atomic E-state index is -1.72. The largest absolute Gasteiger partial charge is 0.503 e. The van der Waals surface area contributed by atoms with Crippen molar-refractivity contribution >= 4 is 17.5 Å². The molecule has 1 unspecified atom stereocenters. The lowest BCUT2D eigenvalue weighted by Gasteiger charge is -2.23. The molecule has 0 bridgehead atoms. The van der Waals surface area contributed by atoms with Crippen molar-refractivity contribution in [2.24, 2.45) is 0 Å². The number of benzene rings is 1. The molecule has 0 saturated heterocycles. The molecular formula is C11H11ClF3NO2. The number of carbonyl (C=O) groups excluding carboxylic acids is 1. The smallest absolute Gasteiger partial charge is 0.257 e. The van der Waals surface area contributed by atoms with Crippen molar-refractivity contribution in [1.82, 2.24) is 4.90 Å². The van der Waals surface area contributed by atoms with Crippen LogP contribution in [0.4, 0.5) is 13.2 Å². The minimum Gasteiger partial charge on any atom is -0.503 e. The summed E-state index contributed by atoms with van der Waals surface area (Å²) in [5.41, 5.74) is -0.745. The number of rotatable bonds is 3. The Morgan fingerprint density at radius 1 is 1.44 bits per heavy atom. The van der Waals surface area contributed by atoms with Gasteiger partial charge in [0, 0.05) is 19.0 Å². The maximum atomic E-state index is 13.5. The van der Waals surface area contributed by atoms with Gasteiger partial charge in [0.15, 0.2) is 17.4 Å². The van der Waals surface area contributed by atoms with E-state index in [0.717, 1.165) is 4.90 Å². The Hall–Kier alpha value is -1.43. The SMILES string of the molecule is CC(CCl)N(C)C(=O)c1cc(F)c(F)c(O)c1F. The molecule has 0 spiro atoms. The van der Waals surface area contributed by atoms with Gasteiger partial charge in [0.25, 0.3) is 5.91 Å². The molecule has 1 amide bonds. The Labute approximate surface area is 107 Å². The van der Waals surface area contributed by atoms with Gasteiger partial charge in [0.1, 0.15) is 0 Å². The van der Waals surface area contributed by atoms with Gasteiger partial charge in [-0.25, -0.2) is 8.78 Å². The van der Waals surface area contributed by atoms with Crippen LogP contribution >= 0.6 is 11.6 Å². The van der Waals surface area contributed by atoms with Crippen LogP contribution in [-0.4, -0.2) is 34.9 Å². The zero-order chi connectivity index (χ0) is 14.0. The van der Waals surface area contributed by atoms with E-state index in [9.17, 15) is 18.0 Å². The van der Waals surface area contributed by atoms with Gasteiger partial charge >= 0.3 is 0 Å². The second kappa shape index (κ2) is 5.48. The molecule has 3 nitrogen and oxygen atoms in total. The fourth-order valence-electron chi connectivity index (χ4n) is 1.24. The van der Waals surface area contributed by atoms with Crippen molar-refractivity contribution in [3.63, 3.8) is 0 Å². The first-order chi connectivity index (χ1) is 8.31. The molecule has 7 heteroatoms. The molecule has 0 aromatic heterocycles. The molecule has 0 aliphatic carbocycles. The van der Waals surface area contributed by atoms with Crippen LogP contribution in [0.2, 0.25) is 0 Å². The molecule has 0 heterocycles. The summed E-state index contributed by atoms with van der Waals surface area (Å²) in [6.45, 7) is 1.60. The molecule has 100 valence electrons. The fraction of sp³-hybridized carbons (Fsp3) is 0.364. The average Bonchev–Trinajstić information content (AvgIpc) is 2.37. The standard InChI is InChI=1S/C11H11ClF3NO2/c1-5(4-12)16(2)11(18)6-3-7(13)9(15)10(17)8(6)14/h3,5,17H,4H2,1-2H3. The van der Waals surface area contributed by atoms with E-state index in [-0.39, 0.29) is 5.88 Å². The van der Waals surface area contributed by atoms with Crippen molar-refractivity contribution in [1.29, 1.82) is 0 Å². The number of amides is 1. The lowest BCUT2D eigenvalue weighted by molar-refractivity contribution is 0.0750. The normalized spacial score (nSPS) is 12.3. The van der Waals surface area contributed by atoms with E-state index in [1.54, 1.807) is 6.92 Å². The van der Waals surface area contributed by atoms with Crippen LogP contribution in [-0.2, 0) is 0 Å². The molecular weight excluding hydrogens is 271 g/mol. The maximum Gasteiger partial charge on any atom is 0.257 e. The summed E-state index contributed by atoms with van der Waals surface area (Å²) in [4.78, 5) is 12.9. The van der Waals surface area contributed by atoms with Gasteiger partial charge in [0.2, 0.25) is 5.82 Å². The predicted molar refractivity (Wildman–Crippen MR) is 60.3 cm³/mol. The van der Waals surface area contributed by atoms with Crippen LogP contribution in [0, 0.1) is 17.5 Å². The first kappa shape index (κ1) is 14.6. The lowest BCUT2D eigenvalue weighted by Crippen LogP contribution is -2.36. The molecule has 18 heavy (non-hydrogen) atoms. The highest BCUT2D eigenvalue weighted by atomic mass is 35.5. The third kappa shape index (κ3) is 2.53. The highest BCUT2D eigenvalue weighted by molar-refractivity contribution is 6.18. The highest BCUT2D eigenvalue weighted by Crippen LogP contribution is 2.26. The van der Waals surface area contributed by atoms with Crippen LogP contribution in [0.5, 0.6) is 5.75 Å². The topological polar surface area (TPSA) is 40.5 Å². The van der Waals surface area contributed by atoms with Gasteiger partial charge < -0.3 is 10.0 Å². The molecule has 0 fully saturated rings. The zero-order valence-corrected chi connectivity index (χ0v) is 10.4. The third-order valence-corrected chi connectivity index (χ3v) is 3.01. The van der Waals surface area contributed by atoms with Gasteiger partial charge in [-0.2, -0.15) is 4.39 Å². The van der Waals surface area contributed by atoms with Gasteiger partial charge in [-0.05, 0) is 13.0 Å². The van der Waals surface area contributed by atoms with Crippen LogP contribution < -0.4 is 0 Å². The quantitative estimate of drug-likeness (QED) is 0.683. The van der Waals surface area contributed by atoms with E-state index in [2.05, 4.69) is 0 Å². The molecule has 0 aliphatic heterocycles. The average molecular weight is 282 g/mol. The first-order valence-corrected chi connectivity index (χ1v) is 5.54. The van der Waals surface area contributed by atoms with E-state index < -0.39 is 40.7 Å². The van der Waals surface area contributed by atoms with Crippen molar-refractivity contribution in [2.45, 2.75) is 13.0 Å². The summed E-state index contributed by atoms with van der Waals surface area (Å²) in [7, 11) is 1.34. The van der Waals surface area contributed by atoms with Crippen molar-refractivity contribution in [2.75, 3.05) is 12.9 Å². The molecule has 1 aromatic carbocycles. The number of hydrogen-bond donors (Lipinski definition) is 1. The first-order valence-electron chi connectivity index (χ1n) is 5.00. The number of nitrogens with zero attached hydrogens (tertiary/aromatic N) is 1. The maximum absolute atomic E-state index is 13.5. The Balaban J connectivity index is 3.22. The number of alkyl halides is 1. The van der Waals surface area contributed by atoms with Gasteiger partial charge in [-0.1, -0.05) is 0 Å². The van der Waals surface area contributed by atoms with Crippen molar-refractivity contribution < 1.29 is 23.1 Å². The Morgan fingerprint density at radius 2 is 2.00 bits per heavy atom. The number of phenolic OH excluding ortho intramolecular Hbond substituents is 1. The molecule has 1 atom stereocenters. The summed E-state index contributed by atoms with van der Waals surface area (Å²) in [6.07, 6.45) is 0. The third-order valence-electron chi connectivity index (χ3n) is 2.57. The lowest BCUT2D eigenvalue weighted by atomic mass is 10.1. The van der Waals surface area contributed by atoms with Crippen LogP contribution in [0.1, 0.15) is 17.3 Å². The molecule has 0 saturated carbocycles. The second-order valence-corrected chi connectivity index (χ2v) is 4.11. The second-order valence-electron chi connectivity index (χ2n) is 3.80. The number of phenols is 1. The summed E-state index contributed by atoms with van der Waals surface area (Å²) >= 11 is 5.53. The van der Waals surface area contributed by atoms with E-state index in [1.807, 2.05) is 0 Å². The van der Waals surface area contributed by atoms with E-state index in [4.69, 9.17) is 16.7 Å². The Bertz CT molecular complexity index is 482. The summed E-state index contributed by atoms with van der Waals surface area (Å²) < 4.78 is 39.4. The zero-order valence-electron chi connectivity index (χ0n) is 9.68. The number of carbonyl (C=O) groups is 1. The van der Waals surface area contributed by atoms with E-state index in [1.165, 1.54) is 7.05 Å². The monoisotopic (exact) mass is 281 g/mol. The fourth-order valence-corrected chi connectivity index (χ4v) is 1.45. The number of hydrogen-bond acceptors (Lipinski definition) is 2. The summed E-state index contributed by atoms with van der Waals surface area (Å²) in [5.74, 6) is -7.02. The van der Waals surface area contributed by atoms with Gasteiger partial charge in [-0.3, -0.25) is 4.79 Å². The van der Waals surface area contributed by atoms with Crippen LogP contribution in [0.3, 0.4) is 0 Å². The highest BCUT2D eigenvalue weighted by Gasteiger charge is 2.26. The van der Waals surface area contributed by atoms with E-state index >= 15 is 0 Å². The molecule has 0 aliphatic rings. The Kier molecular flexibility index (Phi) is 4.45. The van der Waals surface area contributed by atoms with Crippen LogP contribution in [0.15, 0.2) is 6.07 Å². The van der Waals surface area contributed by atoms with Gasteiger partial charge in [-0.15, -0.1) is 11.6 Å². The Morgan fingerprint density at radius 3 is 2.50 bits per heavy atom. The molecule has 1 N–H and O–H groups in total. The van der Waals surface area contributed by atoms with Gasteiger partial charge in [0.05, 0.1) is 5.56 Å². The molecule has 1 aromatic rings. The summed E-state index contributed by atoms with van der Waals surface area (Å²) in [5, 5.41) is 9.01. The number of halogens is 4. The molecule has 1 rings (SSSR count). The summed E-state index contributed by atoms with van der Waals surface area (Å²) in [6, 6.07) is -0.0155. The van der Waals surface area contributed by atoms with Crippen LogP contribution in [0.25, 0.3) is 0 Å². The predicted octanol–water partition coefficient (Wildman–Crippen LogP) is 2.51. The van der Waals surface area contributed by atoms with E-state index in [0.29, 0.717) is 6.07 Å². The number of aromatic hydroxyl groups is 1. The molecule has 0 radical (unpaired) electrons. The van der Waals surface area contributed by atoms with Crippen molar-refractivity contribution in [3.05, 3.63) is 29.1 Å². The minimum absolute atomic E-state index is 0.0967.